The monoisotopic (exact) mass is 328 g/mol. The Morgan fingerprint density at radius 1 is 1.15 bits per heavy atom. The van der Waals surface area contributed by atoms with Crippen LogP contribution in [-0.4, -0.2) is 14.5 Å². The molecule has 0 aliphatic rings. The molecule has 0 unspecified atom stereocenters. The first-order valence-corrected chi connectivity index (χ1v) is 7.03. The SMILES string of the molecule is Brc1cncc(CNc2ccccc2-n2ccnc2)c1. The summed E-state index contributed by atoms with van der Waals surface area (Å²) >= 11 is 3.43. The van der Waals surface area contributed by atoms with E-state index in [1.54, 1.807) is 18.7 Å². The number of hydrogen-bond acceptors (Lipinski definition) is 3. The van der Waals surface area contributed by atoms with Crippen LogP contribution in [0.3, 0.4) is 0 Å². The molecule has 0 fully saturated rings. The van der Waals surface area contributed by atoms with Gasteiger partial charge in [0.1, 0.15) is 0 Å². The number of halogens is 1. The second-order valence-corrected chi connectivity index (χ2v) is 5.27. The minimum absolute atomic E-state index is 0.720. The predicted molar refractivity (Wildman–Crippen MR) is 82.8 cm³/mol. The van der Waals surface area contributed by atoms with Gasteiger partial charge in [-0.15, -0.1) is 0 Å². The smallest absolute Gasteiger partial charge is 0.0992 e. The van der Waals surface area contributed by atoms with Crippen molar-refractivity contribution in [3.63, 3.8) is 0 Å². The van der Waals surface area contributed by atoms with Gasteiger partial charge in [0.15, 0.2) is 0 Å². The van der Waals surface area contributed by atoms with Crippen LogP contribution in [0.5, 0.6) is 0 Å². The maximum Gasteiger partial charge on any atom is 0.0992 e. The zero-order valence-electron chi connectivity index (χ0n) is 10.7. The van der Waals surface area contributed by atoms with E-state index in [1.165, 1.54) is 0 Å². The molecule has 4 nitrogen and oxygen atoms in total. The maximum absolute atomic E-state index is 4.17. The van der Waals surface area contributed by atoms with Crippen molar-refractivity contribution in [2.24, 2.45) is 0 Å². The molecule has 0 atom stereocenters. The summed E-state index contributed by atoms with van der Waals surface area (Å²) in [6.07, 6.45) is 9.14. The van der Waals surface area contributed by atoms with E-state index < -0.39 is 0 Å². The van der Waals surface area contributed by atoms with Crippen molar-refractivity contribution < 1.29 is 0 Å². The van der Waals surface area contributed by atoms with Crippen molar-refractivity contribution in [3.05, 3.63) is 71.5 Å². The van der Waals surface area contributed by atoms with E-state index in [-0.39, 0.29) is 0 Å². The molecule has 5 heteroatoms. The van der Waals surface area contributed by atoms with Crippen molar-refractivity contribution >= 4 is 21.6 Å². The standard InChI is InChI=1S/C15H13BrN4/c16-13-7-12(8-18-10-13)9-19-14-3-1-2-4-15(14)20-6-5-17-11-20/h1-8,10-11,19H,9H2. The van der Waals surface area contributed by atoms with E-state index in [2.05, 4.69) is 49.4 Å². The molecule has 2 heterocycles. The Hall–Kier alpha value is -2.14. The Morgan fingerprint density at radius 3 is 2.85 bits per heavy atom. The number of para-hydroxylation sites is 2. The molecular formula is C15H13BrN4. The molecule has 3 aromatic rings. The van der Waals surface area contributed by atoms with E-state index in [0.717, 1.165) is 28.0 Å². The highest BCUT2D eigenvalue weighted by Crippen LogP contribution is 2.20. The molecule has 100 valence electrons. The molecule has 0 saturated carbocycles. The molecule has 0 aliphatic heterocycles. The lowest BCUT2D eigenvalue weighted by Crippen LogP contribution is -2.03. The number of nitrogens with zero attached hydrogens (tertiary/aromatic N) is 3. The Morgan fingerprint density at radius 2 is 2.05 bits per heavy atom. The molecular weight excluding hydrogens is 316 g/mol. The summed E-state index contributed by atoms with van der Waals surface area (Å²) in [5.74, 6) is 0. The van der Waals surface area contributed by atoms with Crippen molar-refractivity contribution in [1.29, 1.82) is 0 Å². The van der Waals surface area contributed by atoms with Gasteiger partial charge in [-0.25, -0.2) is 4.98 Å². The van der Waals surface area contributed by atoms with Crippen molar-refractivity contribution in [2.75, 3.05) is 5.32 Å². The number of nitrogens with one attached hydrogen (secondary N) is 1. The highest BCUT2D eigenvalue weighted by Gasteiger charge is 2.03. The van der Waals surface area contributed by atoms with Crippen molar-refractivity contribution in [2.45, 2.75) is 6.54 Å². The minimum Gasteiger partial charge on any atom is -0.379 e. The highest BCUT2D eigenvalue weighted by molar-refractivity contribution is 9.10. The van der Waals surface area contributed by atoms with Gasteiger partial charge in [-0.05, 0) is 39.7 Å². The van der Waals surface area contributed by atoms with Gasteiger partial charge >= 0.3 is 0 Å². The fourth-order valence-corrected chi connectivity index (χ4v) is 2.41. The third-order valence-electron chi connectivity index (χ3n) is 2.93. The van der Waals surface area contributed by atoms with Crippen LogP contribution in [0, 0.1) is 0 Å². The van der Waals surface area contributed by atoms with Crippen LogP contribution in [0.1, 0.15) is 5.56 Å². The van der Waals surface area contributed by atoms with Gasteiger partial charge in [-0.3, -0.25) is 4.98 Å². The highest BCUT2D eigenvalue weighted by atomic mass is 79.9. The number of rotatable bonds is 4. The van der Waals surface area contributed by atoms with Gasteiger partial charge in [-0.1, -0.05) is 12.1 Å². The maximum atomic E-state index is 4.17. The summed E-state index contributed by atoms with van der Waals surface area (Å²) in [5.41, 5.74) is 3.26. The average molecular weight is 329 g/mol. The number of aromatic nitrogens is 3. The Kier molecular flexibility index (Phi) is 3.78. The lowest BCUT2D eigenvalue weighted by molar-refractivity contribution is 1.04. The lowest BCUT2D eigenvalue weighted by Gasteiger charge is -2.12. The van der Waals surface area contributed by atoms with Crippen LogP contribution >= 0.6 is 15.9 Å². The molecule has 0 bridgehead atoms. The normalized spacial score (nSPS) is 10.4. The summed E-state index contributed by atoms with van der Waals surface area (Å²) in [6.45, 7) is 0.720. The largest absolute Gasteiger partial charge is 0.379 e. The Labute approximate surface area is 125 Å². The number of benzene rings is 1. The molecule has 0 aliphatic carbocycles. The zero-order chi connectivity index (χ0) is 13.8. The van der Waals surface area contributed by atoms with Gasteiger partial charge in [0.05, 0.1) is 17.7 Å². The predicted octanol–water partition coefficient (Wildman–Crippen LogP) is 3.64. The summed E-state index contributed by atoms with van der Waals surface area (Å²) in [6, 6.07) is 10.2. The first-order chi connectivity index (χ1) is 9.83. The van der Waals surface area contributed by atoms with Gasteiger partial charge in [0.2, 0.25) is 0 Å². The van der Waals surface area contributed by atoms with Gasteiger partial charge in [0.25, 0.3) is 0 Å². The third-order valence-corrected chi connectivity index (χ3v) is 3.36. The average Bonchev–Trinajstić information content (AvgIpc) is 3.00. The molecule has 0 saturated heterocycles. The van der Waals surface area contributed by atoms with E-state index in [4.69, 9.17) is 0 Å². The van der Waals surface area contributed by atoms with Gasteiger partial charge in [0, 0.05) is 35.8 Å². The fourth-order valence-electron chi connectivity index (χ4n) is 2.00. The zero-order valence-corrected chi connectivity index (χ0v) is 12.3. The molecule has 20 heavy (non-hydrogen) atoms. The third kappa shape index (κ3) is 2.88. The molecule has 0 spiro atoms. The summed E-state index contributed by atoms with van der Waals surface area (Å²) in [7, 11) is 0. The van der Waals surface area contributed by atoms with Crippen LogP contribution in [0.2, 0.25) is 0 Å². The minimum atomic E-state index is 0.720. The first kappa shape index (κ1) is 12.9. The summed E-state index contributed by atoms with van der Waals surface area (Å²) in [4.78, 5) is 8.26. The topological polar surface area (TPSA) is 42.7 Å². The Bertz CT molecular complexity index is 695. The second-order valence-electron chi connectivity index (χ2n) is 4.35. The molecule has 0 radical (unpaired) electrons. The van der Waals surface area contributed by atoms with Crippen LogP contribution in [-0.2, 0) is 6.54 Å². The van der Waals surface area contributed by atoms with E-state index in [9.17, 15) is 0 Å². The van der Waals surface area contributed by atoms with Gasteiger partial charge in [-0.2, -0.15) is 0 Å². The van der Waals surface area contributed by atoms with E-state index in [0.29, 0.717) is 0 Å². The molecule has 1 N–H and O–H groups in total. The summed E-state index contributed by atoms with van der Waals surface area (Å²) < 4.78 is 2.97. The number of anilines is 1. The van der Waals surface area contributed by atoms with Crippen molar-refractivity contribution in [3.8, 4) is 5.69 Å². The Balaban J connectivity index is 1.81. The van der Waals surface area contributed by atoms with E-state index in [1.807, 2.05) is 29.1 Å². The van der Waals surface area contributed by atoms with Crippen LogP contribution in [0.15, 0.2) is 65.9 Å². The number of hydrogen-bond donors (Lipinski definition) is 1. The number of pyridine rings is 1. The van der Waals surface area contributed by atoms with Crippen LogP contribution < -0.4 is 5.32 Å². The molecule has 0 amide bonds. The fraction of sp³-hybridized carbons (Fsp3) is 0.0667. The number of imidazole rings is 1. The summed E-state index contributed by atoms with van der Waals surface area (Å²) in [5, 5.41) is 3.44. The van der Waals surface area contributed by atoms with E-state index >= 15 is 0 Å². The molecule has 2 aromatic heterocycles. The lowest BCUT2D eigenvalue weighted by atomic mass is 10.2. The molecule has 1 aromatic carbocycles. The van der Waals surface area contributed by atoms with Crippen molar-refractivity contribution in [1.82, 2.24) is 14.5 Å². The van der Waals surface area contributed by atoms with Crippen LogP contribution in [0.4, 0.5) is 5.69 Å². The van der Waals surface area contributed by atoms with Gasteiger partial charge < -0.3 is 9.88 Å². The second kappa shape index (κ2) is 5.88. The quantitative estimate of drug-likeness (QED) is 0.795. The van der Waals surface area contributed by atoms with Crippen LogP contribution in [0.25, 0.3) is 5.69 Å². The molecule has 3 rings (SSSR count). The first-order valence-electron chi connectivity index (χ1n) is 6.23.